The van der Waals surface area contributed by atoms with Gasteiger partial charge in [-0.3, -0.25) is 0 Å². The predicted molar refractivity (Wildman–Crippen MR) is 70.0 cm³/mol. The molecule has 0 bridgehead atoms. The molecule has 0 aliphatic heterocycles. The van der Waals surface area contributed by atoms with E-state index in [1.807, 2.05) is 0 Å². The molecule has 21 heavy (non-hydrogen) atoms. The Bertz CT molecular complexity index is 594. The Labute approximate surface area is 121 Å². The maximum atomic E-state index is 12.4. The highest BCUT2D eigenvalue weighted by molar-refractivity contribution is 7.89. The lowest BCUT2D eigenvalue weighted by molar-refractivity contribution is -0.137. The fourth-order valence-electron chi connectivity index (χ4n) is 1.99. The van der Waals surface area contributed by atoms with Crippen LogP contribution in [-0.2, 0) is 16.2 Å². The summed E-state index contributed by atoms with van der Waals surface area (Å²) in [5, 5.41) is 9.77. The molecule has 1 unspecified atom stereocenters. The molecule has 0 saturated heterocycles. The highest BCUT2D eigenvalue weighted by Crippen LogP contribution is 2.33. The standard InChI is InChI=1S/C13H16F3NO3S/c1-17(8-12(18)9-2-3-9)21(19,20)11-6-4-10(5-7-11)13(14,15)16/h4-7,9,12,18H,2-3,8H2,1H3. The first-order valence-electron chi connectivity index (χ1n) is 6.44. The maximum absolute atomic E-state index is 12.4. The largest absolute Gasteiger partial charge is 0.416 e. The quantitative estimate of drug-likeness (QED) is 0.903. The van der Waals surface area contributed by atoms with Gasteiger partial charge in [-0.25, -0.2) is 8.42 Å². The van der Waals surface area contributed by atoms with Crippen LogP contribution in [0.5, 0.6) is 0 Å². The summed E-state index contributed by atoms with van der Waals surface area (Å²) >= 11 is 0. The fraction of sp³-hybridized carbons (Fsp3) is 0.538. The number of sulfonamides is 1. The highest BCUT2D eigenvalue weighted by atomic mass is 32.2. The first-order valence-corrected chi connectivity index (χ1v) is 7.88. The monoisotopic (exact) mass is 323 g/mol. The molecular formula is C13H16F3NO3S. The Morgan fingerprint density at radius 1 is 1.29 bits per heavy atom. The van der Waals surface area contributed by atoms with Crippen molar-refractivity contribution in [3.63, 3.8) is 0 Å². The topological polar surface area (TPSA) is 57.6 Å². The van der Waals surface area contributed by atoms with Crippen LogP contribution in [0.2, 0.25) is 0 Å². The Balaban J connectivity index is 2.14. The zero-order valence-corrected chi connectivity index (χ0v) is 12.2. The van der Waals surface area contributed by atoms with Crippen LogP contribution in [-0.4, -0.2) is 37.5 Å². The van der Waals surface area contributed by atoms with Gasteiger partial charge in [-0.15, -0.1) is 0 Å². The number of hydrogen-bond donors (Lipinski definition) is 1. The molecule has 1 fully saturated rings. The molecule has 1 aliphatic rings. The second-order valence-electron chi connectivity index (χ2n) is 5.21. The molecule has 1 aromatic carbocycles. The van der Waals surface area contributed by atoms with Crippen LogP contribution in [0.1, 0.15) is 18.4 Å². The van der Waals surface area contributed by atoms with Crippen LogP contribution in [0.4, 0.5) is 13.2 Å². The van der Waals surface area contributed by atoms with Gasteiger partial charge in [0.25, 0.3) is 0 Å². The van der Waals surface area contributed by atoms with Crippen molar-refractivity contribution in [1.29, 1.82) is 0 Å². The molecule has 0 amide bonds. The highest BCUT2D eigenvalue weighted by Gasteiger charge is 2.34. The van der Waals surface area contributed by atoms with E-state index in [2.05, 4.69) is 0 Å². The van der Waals surface area contributed by atoms with Crippen LogP contribution in [0.15, 0.2) is 29.2 Å². The van der Waals surface area contributed by atoms with Gasteiger partial charge in [0.2, 0.25) is 10.0 Å². The van der Waals surface area contributed by atoms with E-state index in [1.165, 1.54) is 7.05 Å². The van der Waals surface area contributed by atoms with Gasteiger partial charge in [-0.05, 0) is 43.0 Å². The maximum Gasteiger partial charge on any atom is 0.416 e. The van der Waals surface area contributed by atoms with Gasteiger partial charge in [0, 0.05) is 13.6 Å². The predicted octanol–water partition coefficient (Wildman–Crippen LogP) is 2.10. The lowest BCUT2D eigenvalue weighted by Crippen LogP contribution is -2.35. The Morgan fingerprint density at radius 3 is 2.24 bits per heavy atom. The number of alkyl halides is 3. The van der Waals surface area contributed by atoms with E-state index in [0.29, 0.717) is 0 Å². The molecule has 2 rings (SSSR count). The molecule has 0 spiro atoms. The molecule has 1 N–H and O–H groups in total. The van der Waals surface area contributed by atoms with E-state index in [0.717, 1.165) is 41.4 Å². The van der Waals surface area contributed by atoms with E-state index in [1.54, 1.807) is 0 Å². The Kier molecular flexibility index (Phi) is 4.32. The summed E-state index contributed by atoms with van der Waals surface area (Å²) in [7, 11) is -2.59. The Morgan fingerprint density at radius 2 is 1.81 bits per heavy atom. The lowest BCUT2D eigenvalue weighted by Gasteiger charge is -2.20. The molecule has 0 aromatic heterocycles. The Hall–Kier alpha value is -1.12. The third-order valence-electron chi connectivity index (χ3n) is 3.50. The molecule has 0 radical (unpaired) electrons. The van der Waals surface area contributed by atoms with E-state index >= 15 is 0 Å². The minimum atomic E-state index is -4.50. The van der Waals surface area contributed by atoms with Crippen molar-refractivity contribution < 1.29 is 26.7 Å². The first-order chi connectivity index (χ1) is 9.62. The third-order valence-corrected chi connectivity index (χ3v) is 5.34. The van der Waals surface area contributed by atoms with E-state index in [9.17, 15) is 26.7 Å². The number of likely N-dealkylation sites (N-methyl/N-ethyl adjacent to an activating group) is 1. The number of aliphatic hydroxyl groups excluding tert-OH is 1. The summed E-state index contributed by atoms with van der Waals surface area (Å²) < 4.78 is 62.7. The summed E-state index contributed by atoms with van der Waals surface area (Å²) in [5.74, 6) is 0.121. The van der Waals surface area contributed by atoms with Crippen LogP contribution < -0.4 is 0 Å². The van der Waals surface area contributed by atoms with E-state index in [-0.39, 0.29) is 17.4 Å². The second-order valence-corrected chi connectivity index (χ2v) is 7.26. The summed E-state index contributed by atoms with van der Waals surface area (Å²) in [6.07, 6.45) is -3.50. The summed E-state index contributed by atoms with van der Waals surface area (Å²) in [4.78, 5) is -0.221. The normalized spacial score (nSPS) is 18.0. The van der Waals surface area contributed by atoms with Crippen molar-refractivity contribution in [3.8, 4) is 0 Å². The molecule has 4 nitrogen and oxygen atoms in total. The van der Waals surface area contributed by atoms with Gasteiger partial charge >= 0.3 is 6.18 Å². The zero-order chi connectivity index (χ0) is 15.8. The number of benzene rings is 1. The molecular weight excluding hydrogens is 307 g/mol. The number of halogens is 3. The molecule has 1 aromatic rings. The zero-order valence-electron chi connectivity index (χ0n) is 11.3. The van der Waals surface area contributed by atoms with Gasteiger partial charge in [0.1, 0.15) is 0 Å². The third kappa shape index (κ3) is 3.75. The van der Waals surface area contributed by atoms with Crippen molar-refractivity contribution in [2.24, 2.45) is 5.92 Å². The lowest BCUT2D eigenvalue weighted by atomic mass is 10.2. The number of hydrogen-bond acceptors (Lipinski definition) is 3. The first kappa shape index (κ1) is 16.3. The van der Waals surface area contributed by atoms with Crippen LogP contribution >= 0.6 is 0 Å². The summed E-state index contributed by atoms with van der Waals surface area (Å²) in [5.41, 5.74) is -0.901. The van der Waals surface area contributed by atoms with Crippen LogP contribution in [0.3, 0.4) is 0 Å². The molecule has 8 heteroatoms. The van der Waals surface area contributed by atoms with Crippen LogP contribution in [0.25, 0.3) is 0 Å². The average Bonchev–Trinajstić information content (AvgIpc) is 3.22. The van der Waals surface area contributed by atoms with Crippen molar-refractivity contribution in [1.82, 2.24) is 4.31 Å². The molecule has 1 aliphatic carbocycles. The van der Waals surface area contributed by atoms with Crippen molar-refractivity contribution in [2.75, 3.05) is 13.6 Å². The minimum absolute atomic E-state index is 0.0615. The summed E-state index contributed by atoms with van der Waals surface area (Å²) in [6.45, 7) is -0.0615. The SMILES string of the molecule is CN(CC(O)C1CC1)S(=O)(=O)c1ccc(C(F)(F)F)cc1. The van der Waals surface area contributed by atoms with Crippen molar-refractivity contribution >= 4 is 10.0 Å². The smallest absolute Gasteiger partial charge is 0.391 e. The molecule has 1 saturated carbocycles. The van der Waals surface area contributed by atoms with E-state index in [4.69, 9.17) is 0 Å². The van der Waals surface area contributed by atoms with E-state index < -0.39 is 27.9 Å². The minimum Gasteiger partial charge on any atom is -0.391 e. The molecule has 0 heterocycles. The van der Waals surface area contributed by atoms with Gasteiger partial charge in [-0.2, -0.15) is 17.5 Å². The summed E-state index contributed by atoms with van der Waals surface area (Å²) in [6, 6.07) is 3.33. The average molecular weight is 323 g/mol. The van der Waals surface area contributed by atoms with Crippen molar-refractivity contribution in [2.45, 2.75) is 30.0 Å². The number of aliphatic hydroxyl groups is 1. The van der Waals surface area contributed by atoms with Crippen LogP contribution in [0, 0.1) is 5.92 Å². The van der Waals surface area contributed by atoms with Crippen molar-refractivity contribution in [3.05, 3.63) is 29.8 Å². The van der Waals surface area contributed by atoms with Gasteiger partial charge < -0.3 is 5.11 Å². The molecule has 118 valence electrons. The second kappa shape index (κ2) is 5.58. The van der Waals surface area contributed by atoms with Gasteiger partial charge in [-0.1, -0.05) is 0 Å². The number of rotatable bonds is 5. The fourth-order valence-corrected chi connectivity index (χ4v) is 3.18. The number of nitrogens with zero attached hydrogens (tertiary/aromatic N) is 1. The molecule has 1 atom stereocenters. The van der Waals surface area contributed by atoms with Gasteiger partial charge in [0.15, 0.2) is 0 Å². The van der Waals surface area contributed by atoms with Gasteiger partial charge in [0.05, 0.1) is 16.6 Å².